The van der Waals surface area contributed by atoms with Gasteiger partial charge in [-0.3, -0.25) is 4.79 Å². The Labute approximate surface area is 145 Å². The first-order chi connectivity index (χ1) is 11.3. The van der Waals surface area contributed by atoms with Crippen LogP contribution in [0.5, 0.6) is 0 Å². The van der Waals surface area contributed by atoms with E-state index in [-0.39, 0.29) is 30.0 Å². The zero-order valence-electron chi connectivity index (χ0n) is 14.9. The van der Waals surface area contributed by atoms with Crippen molar-refractivity contribution in [2.45, 2.75) is 51.1 Å². The molecule has 1 amide bonds. The normalized spacial score (nSPS) is 30.0. The number of carbonyl (C=O) groups is 1. The molecule has 7 nitrogen and oxygen atoms in total. The third kappa shape index (κ3) is 5.65. The molecule has 0 bridgehead atoms. The maximum atomic E-state index is 11.8. The molecule has 1 aliphatic carbocycles. The van der Waals surface area contributed by atoms with E-state index in [2.05, 4.69) is 22.5 Å². The molecule has 1 aliphatic heterocycles. The maximum Gasteiger partial charge on any atom is 0.243 e. The SMILES string of the molecule is CC1CCCCC1NC(=NCC(=O)N(C)C)NC1CCS(=O)(=O)C1. The second-order valence-corrected chi connectivity index (χ2v) is 9.44. The highest BCUT2D eigenvalue weighted by Crippen LogP contribution is 2.23. The Morgan fingerprint density at radius 2 is 1.88 bits per heavy atom. The average Bonchev–Trinajstić information content (AvgIpc) is 2.85. The van der Waals surface area contributed by atoms with Crippen LogP contribution >= 0.6 is 0 Å². The summed E-state index contributed by atoms with van der Waals surface area (Å²) >= 11 is 0. The van der Waals surface area contributed by atoms with E-state index in [1.807, 2.05) is 0 Å². The van der Waals surface area contributed by atoms with Crippen molar-refractivity contribution in [2.24, 2.45) is 10.9 Å². The van der Waals surface area contributed by atoms with Crippen LogP contribution in [-0.2, 0) is 14.6 Å². The van der Waals surface area contributed by atoms with Crippen LogP contribution in [0.1, 0.15) is 39.0 Å². The van der Waals surface area contributed by atoms with Crippen molar-refractivity contribution in [3.05, 3.63) is 0 Å². The molecule has 0 aromatic heterocycles. The highest BCUT2D eigenvalue weighted by atomic mass is 32.2. The number of nitrogens with one attached hydrogen (secondary N) is 2. The number of sulfone groups is 1. The van der Waals surface area contributed by atoms with E-state index >= 15 is 0 Å². The molecule has 0 radical (unpaired) electrons. The molecule has 2 fully saturated rings. The molecular formula is C16H30N4O3S. The second-order valence-electron chi connectivity index (χ2n) is 7.21. The van der Waals surface area contributed by atoms with E-state index in [4.69, 9.17) is 0 Å². The van der Waals surface area contributed by atoms with Crippen LogP contribution in [0.2, 0.25) is 0 Å². The molecule has 2 rings (SSSR count). The summed E-state index contributed by atoms with van der Waals surface area (Å²) in [7, 11) is 0.449. The molecule has 0 aromatic carbocycles. The minimum absolute atomic E-state index is 0.0584. The first-order valence-electron chi connectivity index (χ1n) is 8.75. The van der Waals surface area contributed by atoms with Crippen molar-refractivity contribution in [3.63, 3.8) is 0 Å². The number of rotatable bonds is 4. The summed E-state index contributed by atoms with van der Waals surface area (Å²) in [5, 5.41) is 6.65. The van der Waals surface area contributed by atoms with E-state index in [0.29, 0.717) is 24.3 Å². The number of aliphatic imine (C=N–C) groups is 1. The first-order valence-corrected chi connectivity index (χ1v) is 10.6. The molecule has 1 heterocycles. The third-order valence-corrected chi connectivity index (χ3v) is 6.65. The van der Waals surface area contributed by atoms with Crippen molar-refractivity contribution in [1.29, 1.82) is 0 Å². The fourth-order valence-electron chi connectivity index (χ4n) is 3.23. The summed E-state index contributed by atoms with van der Waals surface area (Å²) in [6.07, 6.45) is 5.28. The van der Waals surface area contributed by atoms with Gasteiger partial charge in [0, 0.05) is 26.2 Å². The molecule has 1 saturated carbocycles. The van der Waals surface area contributed by atoms with Gasteiger partial charge in [0.15, 0.2) is 15.8 Å². The van der Waals surface area contributed by atoms with E-state index < -0.39 is 9.84 Å². The summed E-state index contributed by atoms with van der Waals surface area (Å²) in [4.78, 5) is 17.7. The van der Waals surface area contributed by atoms with Crippen LogP contribution < -0.4 is 10.6 Å². The molecule has 24 heavy (non-hydrogen) atoms. The van der Waals surface area contributed by atoms with Gasteiger partial charge < -0.3 is 15.5 Å². The Bertz CT molecular complexity index is 574. The predicted octanol–water partition coefficient (Wildman–Crippen LogP) is 0.376. The summed E-state index contributed by atoms with van der Waals surface area (Å²) in [6, 6.07) is 0.187. The number of amides is 1. The number of nitrogens with zero attached hydrogens (tertiary/aromatic N) is 2. The van der Waals surface area contributed by atoms with E-state index in [1.54, 1.807) is 14.1 Å². The van der Waals surface area contributed by atoms with Crippen LogP contribution in [0.3, 0.4) is 0 Å². The minimum Gasteiger partial charge on any atom is -0.353 e. The highest BCUT2D eigenvalue weighted by Gasteiger charge is 2.29. The zero-order valence-corrected chi connectivity index (χ0v) is 15.7. The Morgan fingerprint density at radius 3 is 2.46 bits per heavy atom. The lowest BCUT2D eigenvalue weighted by molar-refractivity contribution is -0.127. The van der Waals surface area contributed by atoms with Crippen molar-refractivity contribution >= 4 is 21.7 Å². The third-order valence-electron chi connectivity index (χ3n) is 4.88. The lowest BCUT2D eigenvalue weighted by Crippen LogP contribution is -2.50. The van der Waals surface area contributed by atoms with Crippen molar-refractivity contribution < 1.29 is 13.2 Å². The highest BCUT2D eigenvalue weighted by molar-refractivity contribution is 7.91. The van der Waals surface area contributed by atoms with Gasteiger partial charge in [0.1, 0.15) is 6.54 Å². The Hall–Kier alpha value is -1.31. The molecule has 3 unspecified atom stereocenters. The molecule has 1 saturated heterocycles. The fourth-order valence-corrected chi connectivity index (χ4v) is 4.90. The van der Waals surface area contributed by atoms with Gasteiger partial charge in [-0.1, -0.05) is 19.8 Å². The lowest BCUT2D eigenvalue weighted by atomic mass is 9.86. The largest absolute Gasteiger partial charge is 0.353 e. The van der Waals surface area contributed by atoms with Gasteiger partial charge in [-0.05, 0) is 25.2 Å². The van der Waals surface area contributed by atoms with Gasteiger partial charge in [0.25, 0.3) is 0 Å². The summed E-state index contributed by atoms with van der Waals surface area (Å²) in [5.41, 5.74) is 0. The first kappa shape index (κ1) is 19.0. The van der Waals surface area contributed by atoms with E-state index in [9.17, 15) is 13.2 Å². The molecular weight excluding hydrogens is 328 g/mol. The molecule has 2 aliphatic rings. The van der Waals surface area contributed by atoms with E-state index in [0.717, 1.165) is 6.42 Å². The molecule has 0 aromatic rings. The summed E-state index contributed by atoms with van der Waals surface area (Å²) < 4.78 is 23.3. The Morgan fingerprint density at radius 1 is 1.17 bits per heavy atom. The van der Waals surface area contributed by atoms with Crippen LogP contribution in [0, 0.1) is 5.92 Å². The Kier molecular flexibility index (Phi) is 6.48. The monoisotopic (exact) mass is 358 g/mol. The zero-order chi connectivity index (χ0) is 17.7. The number of likely N-dealkylation sites (N-methyl/N-ethyl adjacent to an activating group) is 1. The number of hydrogen-bond acceptors (Lipinski definition) is 4. The maximum absolute atomic E-state index is 11.8. The average molecular weight is 359 g/mol. The van der Waals surface area contributed by atoms with Gasteiger partial charge in [-0.15, -0.1) is 0 Å². The fraction of sp³-hybridized carbons (Fsp3) is 0.875. The summed E-state index contributed by atoms with van der Waals surface area (Å²) in [6.45, 7) is 2.28. The van der Waals surface area contributed by atoms with Crippen molar-refractivity contribution in [1.82, 2.24) is 15.5 Å². The number of carbonyl (C=O) groups excluding carboxylic acids is 1. The smallest absolute Gasteiger partial charge is 0.243 e. The molecule has 138 valence electrons. The predicted molar refractivity (Wildman–Crippen MR) is 95.7 cm³/mol. The lowest BCUT2D eigenvalue weighted by Gasteiger charge is -2.31. The molecule has 0 spiro atoms. The van der Waals surface area contributed by atoms with Crippen LogP contribution in [-0.4, -0.2) is 69.4 Å². The van der Waals surface area contributed by atoms with Crippen molar-refractivity contribution in [2.75, 3.05) is 32.1 Å². The summed E-state index contributed by atoms with van der Waals surface area (Å²) in [5.74, 6) is 1.38. The van der Waals surface area contributed by atoms with Gasteiger partial charge in [0.2, 0.25) is 5.91 Å². The van der Waals surface area contributed by atoms with Crippen LogP contribution in [0.4, 0.5) is 0 Å². The van der Waals surface area contributed by atoms with Gasteiger partial charge in [0.05, 0.1) is 11.5 Å². The quantitative estimate of drug-likeness (QED) is 0.560. The molecule has 8 heteroatoms. The van der Waals surface area contributed by atoms with Gasteiger partial charge in [-0.2, -0.15) is 0 Å². The standard InChI is InChI=1S/C16H30N4O3S/c1-12-6-4-5-7-14(12)19-16(17-10-15(21)20(2)3)18-13-8-9-24(22,23)11-13/h12-14H,4-11H2,1-3H3,(H2,17,18,19). The van der Waals surface area contributed by atoms with Gasteiger partial charge in [-0.25, -0.2) is 13.4 Å². The van der Waals surface area contributed by atoms with Crippen LogP contribution in [0.15, 0.2) is 4.99 Å². The van der Waals surface area contributed by atoms with Crippen LogP contribution in [0.25, 0.3) is 0 Å². The molecule has 2 N–H and O–H groups in total. The molecule has 3 atom stereocenters. The number of hydrogen-bond donors (Lipinski definition) is 2. The second kappa shape index (κ2) is 8.18. The van der Waals surface area contributed by atoms with E-state index in [1.165, 1.54) is 24.2 Å². The topological polar surface area (TPSA) is 90.9 Å². The van der Waals surface area contributed by atoms with Crippen molar-refractivity contribution in [3.8, 4) is 0 Å². The van der Waals surface area contributed by atoms with Gasteiger partial charge >= 0.3 is 0 Å². The number of guanidine groups is 1. The Balaban J connectivity index is 2.02. The minimum atomic E-state index is -2.95.